The molecule has 0 aliphatic rings. The number of hydrogen-bond acceptors (Lipinski definition) is 3. The highest BCUT2D eigenvalue weighted by molar-refractivity contribution is 9.10. The quantitative estimate of drug-likeness (QED) is 0.850. The van der Waals surface area contributed by atoms with Crippen LogP contribution in [0.4, 0.5) is 0 Å². The van der Waals surface area contributed by atoms with Crippen LogP contribution in [-0.2, 0) is 10.1 Å². The average Bonchev–Trinajstić information content (AvgIpc) is 2.01. The van der Waals surface area contributed by atoms with E-state index in [1.165, 1.54) is 25.3 Å². The summed E-state index contributed by atoms with van der Waals surface area (Å²) in [6, 6.07) is 4.18. The predicted molar refractivity (Wildman–Crippen MR) is 57.8 cm³/mol. The van der Waals surface area contributed by atoms with E-state index < -0.39 is 10.1 Å². The summed E-state index contributed by atoms with van der Waals surface area (Å²) >= 11 is 3.00. The number of rotatable bonds is 2. The van der Waals surface area contributed by atoms with Crippen LogP contribution < -0.4 is 4.74 Å². The first-order chi connectivity index (χ1) is 5.95. The second-order valence-electron chi connectivity index (χ2n) is 2.27. The fraction of sp³-hybridized carbons (Fsp3) is 0.143. The van der Waals surface area contributed by atoms with Gasteiger partial charge in [-0.15, -0.1) is 12.4 Å². The maximum Gasteiger partial charge on any atom is 0.295 e. The van der Waals surface area contributed by atoms with E-state index in [-0.39, 0.29) is 21.8 Å². The van der Waals surface area contributed by atoms with Gasteiger partial charge in [-0.3, -0.25) is 4.55 Å². The fourth-order valence-electron chi connectivity index (χ4n) is 0.818. The molecule has 0 radical (unpaired) electrons. The molecule has 0 aromatic heterocycles. The van der Waals surface area contributed by atoms with Crippen molar-refractivity contribution in [1.29, 1.82) is 0 Å². The van der Waals surface area contributed by atoms with Gasteiger partial charge in [-0.05, 0) is 34.1 Å². The molecule has 80 valence electrons. The van der Waals surface area contributed by atoms with Crippen LogP contribution in [0.15, 0.2) is 27.6 Å². The van der Waals surface area contributed by atoms with Crippen LogP contribution in [0, 0.1) is 0 Å². The van der Waals surface area contributed by atoms with Crippen LogP contribution in [0.2, 0.25) is 0 Å². The molecule has 1 rings (SSSR count). The van der Waals surface area contributed by atoms with Crippen molar-refractivity contribution in [3.05, 3.63) is 22.7 Å². The van der Waals surface area contributed by atoms with Gasteiger partial charge in [-0.25, -0.2) is 0 Å². The van der Waals surface area contributed by atoms with Gasteiger partial charge in [0.15, 0.2) is 0 Å². The first kappa shape index (κ1) is 13.7. The molecule has 1 aromatic rings. The van der Waals surface area contributed by atoms with Crippen molar-refractivity contribution in [2.75, 3.05) is 7.11 Å². The van der Waals surface area contributed by atoms with Gasteiger partial charge < -0.3 is 4.74 Å². The lowest BCUT2D eigenvalue weighted by atomic mass is 10.3. The third-order valence-corrected chi connectivity index (χ3v) is 3.25. The van der Waals surface area contributed by atoms with Crippen LogP contribution in [0.5, 0.6) is 5.75 Å². The molecule has 0 heterocycles. The summed E-state index contributed by atoms with van der Waals surface area (Å²) in [6.07, 6.45) is 0. The zero-order chi connectivity index (χ0) is 10.1. The molecule has 0 aliphatic carbocycles. The molecule has 4 nitrogen and oxygen atoms in total. The van der Waals surface area contributed by atoms with Crippen molar-refractivity contribution >= 4 is 38.5 Å². The maximum atomic E-state index is 10.7. The van der Waals surface area contributed by atoms with E-state index in [0.717, 1.165) is 0 Å². The lowest BCUT2D eigenvalue weighted by molar-refractivity contribution is 0.414. The van der Waals surface area contributed by atoms with Gasteiger partial charge in [-0.2, -0.15) is 8.42 Å². The number of halogens is 2. The van der Waals surface area contributed by atoms with Crippen molar-refractivity contribution in [2.45, 2.75) is 4.90 Å². The molecule has 1 aromatic carbocycles. The minimum Gasteiger partial charge on any atom is -0.497 e. The van der Waals surface area contributed by atoms with Crippen molar-refractivity contribution in [2.24, 2.45) is 0 Å². The van der Waals surface area contributed by atoms with Crippen LogP contribution in [0.3, 0.4) is 0 Å². The summed E-state index contributed by atoms with van der Waals surface area (Å²) in [5.41, 5.74) is 0. The summed E-state index contributed by atoms with van der Waals surface area (Å²) in [4.78, 5) is -0.173. The summed E-state index contributed by atoms with van der Waals surface area (Å²) in [7, 11) is -2.69. The highest BCUT2D eigenvalue weighted by Gasteiger charge is 2.13. The van der Waals surface area contributed by atoms with Crippen molar-refractivity contribution < 1.29 is 17.7 Å². The third kappa shape index (κ3) is 3.13. The van der Waals surface area contributed by atoms with Gasteiger partial charge in [-0.1, -0.05) is 0 Å². The SMILES string of the molecule is COc1ccc(S(=O)(=O)O)c(Br)c1.Cl. The van der Waals surface area contributed by atoms with Gasteiger partial charge in [0.25, 0.3) is 10.1 Å². The lowest BCUT2D eigenvalue weighted by Gasteiger charge is -2.03. The standard InChI is InChI=1S/C7H7BrO4S.ClH/c1-12-5-2-3-7(6(8)4-5)13(9,10)11;/h2-4H,1H3,(H,9,10,11);1H. The Kier molecular flexibility index (Phi) is 4.87. The lowest BCUT2D eigenvalue weighted by Crippen LogP contribution is -1.99. The van der Waals surface area contributed by atoms with E-state index in [1.54, 1.807) is 0 Å². The molecular formula is C7H8BrClO4S. The molecule has 0 fully saturated rings. The molecule has 14 heavy (non-hydrogen) atoms. The van der Waals surface area contributed by atoms with E-state index in [1.807, 2.05) is 0 Å². The average molecular weight is 304 g/mol. The number of methoxy groups -OCH3 is 1. The van der Waals surface area contributed by atoms with Crippen LogP contribution >= 0.6 is 28.3 Å². The molecule has 0 spiro atoms. The van der Waals surface area contributed by atoms with Crippen molar-refractivity contribution in [3.8, 4) is 5.75 Å². The number of ether oxygens (including phenoxy) is 1. The topological polar surface area (TPSA) is 63.6 Å². The molecule has 0 saturated heterocycles. The Bertz CT molecular complexity index is 418. The van der Waals surface area contributed by atoms with Crippen molar-refractivity contribution in [3.63, 3.8) is 0 Å². The molecule has 0 saturated carbocycles. The first-order valence-corrected chi connectivity index (χ1v) is 5.49. The Morgan fingerprint density at radius 3 is 2.36 bits per heavy atom. The maximum absolute atomic E-state index is 10.7. The third-order valence-electron chi connectivity index (χ3n) is 1.42. The molecular weight excluding hydrogens is 295 g/mol. The number of benzene rings is 1. The van der Waals surface area contributed by atoms with Gasteiger partial charge >= 0.3 is 0 Å². The van der Waals surface area contributed by atoms with Gasteiger partial charge in [0.05, 0.1) is 7.11 Å². The molecule has 7 heteroatoms. The van der Waals surface area contributed by atoms with E-state index >= 15 is 0 Å². The van der Waals surface area contributed by atoms with E-state index in [0.29, 0.717) is 5.75 Å². The molecule has 1 N–H and O–H groups in total. The summed E-state index contributed by atoms with van der Waals surface area (Å²) in [5, 5.41) is 0. The van der Waals surface area contributed by atoms with Gasteiger partial charge in [0.1, 0.15) is 10.6 Å². The summed E-state index contributed by atoms with van der Waals surface area (Å²) in [5.74, 6) is 0.513. The Balaban J connectivity index is 0.00000169. The molecule has 0 unspecified atom stereocenters. The highest BCUT2D eigenvalue weighted by Crippen LogP contribution is 2.26. The minimum absolute atomic E-state index is 0. The zero-order valence-corrected chi connectivity index (χ0v) is 10.3. The molecule has 0 aliphatic heterocycles. The Morgan fingerprint density at radius 1 is 1.43 bits per heavy atom. The largest absolute Gasteiger partial charge is 0.497 e. The first-order valence-electron chi connectivity index (χ1n) is 3.26. The van der Waals surface area contributed by atoms with E-state index in [4.69, 9.17) is 9.29 Å². The second-order valence-corrected chi connectivity index (χ2v) is 4.52. The van der Waals surface area contributed by atoms with Gasteiger partial charge in [0.2, 0.25) is 0 Å². The summed E-state index contributed by atoms with van der Waals surface area (Å²) < 4.78 is 35.3. The monoisotopic (exact) mass is 302 g/mol. The normalized spacial score (nSPS) is 10.5. The molecule has 0 atom stereocenters. The Morgan fingerprint density at radius 2 is 2.00 bits per heavy atom. The Hall–Kier alpha value is -0.300. The molecule has 0 bridgehead atoms. The molecule has 0 amide bonds. The fourth-order valence-corrected chi connectivity index (χ4v) is 2.33. The second kappa shape index (κ2) is 4.97. The van der Waals surface area contributed by atoms with Crippen LogP contribution in [0.25, 0.3) is 0 Å². The smallest absolute Gasteiger partial charge is 0.295 e. The zero-order valence-electron chi connectivity index (χ0n) is 7.10. The van der Waals surface area contributed by atoms with Crippen LogP contribution in [0.1, 0.15) is 0 Å². The predicted octanol–water partition coefficient (Wildman–Crippen LogP) is 2.13. The highest BCUT2D eigenvalue weighted by atomic mass is 79.9. The van der Waals surface area contributed by atoms with E-state index in [2.05, 4.69) is 15.9 Å². The Labute approximate surface area is 96.6 Å². The van der Waals surface area contributed by atoms with Gasteiger partial charge in [0, 0.05) is 4.47 Å². The number of hydrogen-bond donors (Lipinski definition) is 1. The van der Waals surface area contributed by atoms with Crippen LogP contribution in [-0.4, -0.2) is 20.1 Å². The van der Waals surface area contributed by atoms with Crippen molar-refractivity contribution in [1.82, 2.24) is 0 Å². The van der Waals surface area contributed by atoms with E-state index in [9.17, 15) is 8.42 Å². The summed E-state index contributed by atoms with van der Waals surface area (Å²) in [6.45, 7) is 0. The minimum atomic E-state index is -4.16.